The summed E-state index contributed by atoms with van der Waals surface area (Å²) in [7, 11) is 4.24. The van der Waals surface area contributed by atoms with E-state index in [-0.39, 0.29) is 22.8 Å². The highest BCUT2D eigenvalue weighted by atomic mass is 16.5. The lowest BCUT2D eigenvalue weighted by Gasteiger charge is -2.28. The first-order valence-electron chi connectivity index (χ1n) is 9.03. The van der Waals surface area contributed by atoms with Gasteiger partial charge in [0.2, 0.25) is 5.88 Å². The summed E-state index contributed by atoms with van der Waals surface area (Å²) in [5.41, 5.74) is 6.55. The second-order valence-electron chi connectivity index (χ2n) is 6.55. The number of benzene rings is 2. The zero-order chi connectivity index (χ0) is 21.4. The van der Waals surface area contributed by atoms with Crippen LogP contribution in [0.3, 0.4) is 0 Å². The second kappa shape index (κ2) is 7.47. The standard InChI is InChI=1S/C22H19NO7/c1-26-14-9-8-11(10-15(14)27-2)16-17-19(30-20(23)18(16)21(24)28-3)12-6-4-5-7-13(12)29-22(17)25/h4-10,16H,23H2,1-3H3/t16-/m1/s1. The van der Waals surface area contributed by atoms with E-state index in [1.165, 1.54) is 21.3 Å². The van der Waals surface area contributed by atoms with Gasteiger partial charge in [-0.05, 0) is 29.8 Å². The van der Waals surface area contributed by atoms with E-state index in [1.54, 1.807) is 42.5 Å². The maximum atomic E-state index is 13.0. The molecule has 1 aliphatic heterocycles. The smallest absolute Gasteiger partial charge is 0.344 e. The molecule has 2 aromatic carbocycles. The van der Waals surface area contributed by atoms with Crippen LogP contribution in [-0.2, 0) is 9.53 Å². The fourth-order valence-electron chi connectivity index (χ4n) is 3.64. The van der Waals surface area contributed by atoms with E-state index in [2.05, 4.69) is 0 Å². The third kappa shape index (κ3) is 2.93. The number of esters is 1. The summed E-state index contributed by atoms with van der Waals surface area (Å²) in [5, 5.41) is 0.560. The molecule has 0 saturated carbocycles. The number of carbonyl (C=O) groups excluding carboxylic acids is 1. The number of hydrogen-bond donors (Lipinski definition) is 1. The molecule has 1 atom stereocenters. The van der Waals surface area contributed by atoms with E-state index in [9.17, 15) is 9.59 Å². The summed E-state index contributed by atoms with van der Waals surface area (Å²) in [6.45, 7) is 0. The highest BCUT2D eigenvalue weighted by Gasteiger charge is 2.39. The molecule has 30 heavy (non-hydrogen) atoms. The monoisotopic (exact) mass is 409 g/mol. The Hall–Kier alpha value is -3.94. The minimum atomic E-state index is -0.887. The van der Waals surface area contributed by atoms with Crippen molar-refractivity contribution >= 4 is 16.9 Å². The molecular formula is C22H19NO7. The third-order valence-corrected chi connectivity index (χ3v) is 5.00. The molecule has 0 bridgehead atoms. The molecule has 154 valence electrons. The normalized spacial score (nSPS) is 15.4. The average Bonchev–Trinajstić information content (AvgIpc) is 2.77. The molecule has 0 amide bonds. The average molecular weight is 409 g/mol. The number of ether oxygens (including phenoxy) is 4. The zero-order valence-corrected chi connectivity index (χ0v) is 16.6. The van der Waals surface area contributed by atoms with Gasteiger partial charge in [-0.15, -0.1) is 0 Å². The van der Waals surface area contributed by atoms with E-state index in [0.717, 1.165) is 0 Å². The Kier molecular flexibility index (Phi) is 4.83. The topological polar surface area (TPSA) is 110 Å². The number of para-hydroxylation sites is 1. The number of nitrogens with two attached hydrogens (primary N) is 1. The molecule has 0 spiro atoms. The van der Waals surface area contributed by atoms with Crippen LogP contribution in [0.2, 0.25) is 0 Å². The van der Waals surface area contributed by atoms with Crippen molar-refractivity contribution in [2.75, 3.05) is 21.3 Å². The van der Waals surface area contributed by atoms with Crippen LogP contribution in [-0.4, -0.2) is 27.3 Å². The van der Waals surface area contributed by atoms with Crippen LogP contribution >= 0.6 is 0 Å². The first-order valence-corrected chi connectivity index (χ1v) is 9.03. The predicted molar refractivity (Wildman–Crippen MR) is 108 cm³/mol. The molecule has 1 aromatic heterocycles. The van der Waals surface area contributed by atoms with Crippen LogP contribution in [0.5, 0.6) is 17.2 Å². The van der Waals surface area contributed by atoms with E-state index in [1.807, 2.05) is 0 Å². The van der Waals surface area contributed by atoms with Crippen molar-refractivity contribution in [2.24, 2.45) is 5.73 Å². The largest absolute Gasteiger partial charge is 0.493 e. The first kappa shape index (κ1) is 19.4. The minimum Gasteiger partial charge on any atom is -0.493 e. The number of methoxy groups -OCH3 is 3. The van der Waals surface area contributed by atoms with Crippen LogP contribution in [0, 0.1) is 0 Å². The van der Waals surface area contributed by atoms with Crippen LogP contribution in [0.4, 0.5) is 0 Å². The van der Waals surface area contributed by atoms with Crippen LogP contribution in [0.1, 0.15) is 17.0 Å². The van der Waals surface area contributed by atoms with E-state index >= 15 is 0 Å². The van der Waals surface area contributed by atoms with Gasteiger partial charge in [-0.2, -0.15) is 0 Å². The molecule has 0 radical (unpaired) electrons. The Labute approximate surface area is 171 Å². The summed E-state index contributed by atoms with van der Waals surface area (Å²) in [5.74, 6) is -0.587. The Morgan fingerprint density at radius 1 is 1.03 bits per heavy atom. The summed E-state index contributed by atoms with van der Waals surface area (Å²) >= 11 is 0. The molecule has 0 saturated heterocycles. The summed E-state index contributed by atoms with van der Waals surface area (Å²) in [4.78, 5) is 25.6. The highest BCUT2D eigenvalue weighted by molar-refractivity contribution is 5.94. The Morgan fingerprint density at radius 3 is 2.47 bits per heavy atom. The van der Waals surface area contributed by atoms with Crippen molar-refractivity contribution < 1.29 is 28.2 Å². The van der Waals surface area contributed by atoms with Gasteiger partial charge in [0.1, 0.15) is 11.2 Å². The molecule has 4 rings (SSSR count). The SMILES string of the molecule is COC(=O)C1=C(N)Oc2c(c(=O)oc3ccccc23)[C@H]1c1ccc(OC)c(OC)c1. The van der Waals surface area contributed by atoms with Gasteiger partial charge in [-0.3, -0.25) is 0 Å². The number of fused-ring (bicyclic) bond motifs is 3. The molecular weight excluding hydrogens is 390 g/mol. The maximum Gasteiger partial charge on any atom is 0.344 e. The van der Waals surface area contributed by atoms with Crippen molar-refractivity contribution in [3.63, 3.8) is 0 Å². The highest BCUT2D eigenvalue weighted by Crippen LogP contribution is 2.45. The second-order valence-corrected chi connectivity index (χ2v) is 6.55. The fourth-order valence-corrected chi connectivity index (χ4v) is 3.64. The van der Waals surface area contributed by atoms with E-state index in [0.29, 0.717) is 28.0 Å². The van der Waals surface area contributed by atoms with E-state index in [4.69, 9.17) is 29.1 Å². The van der Waals surface area contributed by atoms with Gasteiger partial charge >= 0.3 is 11.6 Å². The quantitative estimate of drug-likeness (QED) is 0.517. The molecule has 8 heteroatoms. The lowest BCUT2D eigenvalue weighted by Crippen LogP contribution is -2.30. The van der Waals surface area contributed by atoms with Gasteiger partial charge in [-0.25, -0.2) is 9.59 Å². The van der Waals surface area contributed by atoms with Crippen molar-refractivity contribution in [2.45, 2.75) is 5.92 Å². The van der Waals surface area contributed by atoms with E-state index < -0.39 is 17.5 Å². The van der Waals surface area contributed by atoms with Crippen LogP contribution in [0.25, 0.3) is 11.0 Å². The molecule has 8 nitrogen and oxygen atoms in total. The predicted octanol–water partition coefficient (Wildman–Crippen LogP) is 2.68. The number of carbonyl (C=O) groups is 1. The van der Waals surface area contributed by atoms with Gasteiger partial charge < -0.3 is 29.1 Å². The fraction of sp³-hybridized carbons (Fsp3) is 0.182. The van der Waals surface area contributed by atoms with Gasteiger partial charge in [0, 0.05) is 0 Å². The molecule has 0 aliphatic carbocycles. The molecule has 3 aromatic rings. The van der Waals surface area contributed by atoms with Crippen LogP contribution in [0.15, 0.2) is 63.1 Å². The van der Waals surface area contributed by atoms with Crippen molar-refractivity contribution in [3.05, 3.63) is 75.5 Å². The van der Waals surface area contributed by atoms with Crippen LogP contribution < -0.4 is 25.6 Å². The summed E-state index contributed by atoms with van der Waals surface area (Å²) < 4.78 is 26.8. The molecule has 2 heterocycles. The lowest BCUT2D eigenvalue weighted by atomic mass is 9.83. The van der Waals surface area contributed by atoms with Crippen molar-refractivity contribution in [1.82, 2.24) is 0 Å². The lowest BCUT2D eigenvalue weighted by molar-refractivity contribution is -0.136. The molecule has 2 N–H and O–H groups in total. The van der Waals surface area contributed by atoms with Crippen molar-refractivity contribution in [3.8, 4) is 17.2 Å². The van der Waals surface area contributed by atoms with Gasteiger partial charge in [0.15, 0.2) is 17.2 Å². The van der Waals surface area contributed by atoms with Crippen molar-refractivity contribution in [1.29, 1.82) is 0 Å². The summed E-state index contributed by atoms with van der Waals surface area (Å²) in [6.07, 6.45) is 0. The Bertz CT molecular complexity index is 1240. The molecule has 0 unspecified atom stereocenters. The Balaban J connectivity index is 2.05. The number of hydrogen-bond acceptors (Lipinski definition) is 8. The zero-order valence-electron chi connectivity index (χ0n) is 16.6. The Morgan fingerprint density at radius 2 is 1.77 bits per heavy atom. The first-order chi connectivity index (χ1) is 14.5. The minimum absolute atomic E-state index is 0.000184. The van der Waals surface area contributed by atoms with Gasteiger partial charge in [-0.1, -0.05) is 18.2 Å². The molecule has 0 fully saturated rings. The maximum absolute atomic E-state index is 13.0. The number of rotatable bonds is 4. The van der Waals surface area contributed by atoms with Gasteiger partial charge in [0.25, 0.3) is 0 Å². The molecule has 1 aliphatic rings. The van der Waals surface area contributed by atoms with Gasteiger partial charge in [0.05, 0.1) is 38.2 Å². The third-order valence-electron chi connectivity index (χ3n) is 5.00. The summed E-state index contributed by atoms with van der Waals surface area (Å²) in [6, 6.07) is 12.0.